The number of carbonyl (C=O) groups is 2. The molecule has 1 atom stereocenters. The fraction of sp³-hybridized carbons (Fsp3) is 0.231. The Kier molecular flexibility index (Phi) is 6.58. The van der Waals surface area contributed by atoms with Gasteiger partial charge in [-0.1, -0.05) is 60.7 Å². The fourth-order valence-corrected chi connectivity index (χ4v) is 4.31. The third-order valence-electron chi connectivity index (χ3n) is 6.14. The monoisotopic (exact) mass is 460 g/mol. The average Bonchev–Trinajstić information content (AvgIpc) is 3.19. The maximum absolute atomic E-state index is 12.9. The highest BCUT2D eigenvalue weighted by Gasteiger charge is 2.32. The summed E-state index contributed by atoms with van der Waals surface area (Å²) in [4.78, 5) is 37.0. The molecule has 0 bridgehead atoms. The molecule has 1 amide bonds. The van der Waals surface area contributed by atoms with Gasteiger partial charge in [-0.3, -0.25) is 15.0 Å². The van der Waals surface area contributed by atoms with Crippen LogP contribution in [0.3, 0.4) is 0 Å². The molecule has 174 valence electrons. The molecule has 0 radical (unpaired) electrons. The zero-order valence-corrected chi connectivity index (χ0v) is 18.8. The molecule has 0 heterocycles. The van der Waals surface area contributed by atoms with Crippen molar-refractivity contribution in [3.63, 3.8) is 0 Å². The van der Waals surface area contributed by atoms with Gasteiger partial charge in [0.1, 0.15) is 12.6 Å². The summed E-state index contributed by atoms with van der Waals surface area (Å²) in [5, 5.41) is 10.9. The molecule has 0 aromatic heterocycles. The third kappa shape index (κ3) is 4.47. The second kappa shape index (κ2) is 9.74. The number of likely N-dealkylation sites (N-methyl/N-ethyl adjacent to an activating group) is 1. The van der Waals surface area contributed by atoms with Crippen LogP contribution in [0, 0.1) is 10.1 Å². The number of amides is 1. The Labute approximate surface area is 196 Å². The van der Waals surface area contributed by atoms with E-state index in [2.05, 4.69) is 12.1 Å². The van der Waals surface area contributed by atoms with Crippen LogP contribution < -0.4 is 0 Å². The van der Waals surface area contributed by atoms with E-state index in [0.717, 1.165) is 22.3 Å². The van der Waals surface area contributed by atoms with Gasteiger partial charge in [0.25, 0.3) is 5.69 Å². The average molecular weight is 460 g/mol. The number of ether oxygens (including phenoxy) is 2. The molecule has 0 aliphatic heterocycles. The quantitative estimate of drug-likeness (QED) is 0.291. The third-order valence-corrected chi connectivity index (χ3v) is 6.14. The fourth-order valence-electron chi connectivity index (χ4n) is 4.31. The molecular weight excluding hydrogens is 436 g/mol. The number of fused-ring (bicyclic) bond motifs is 3. The lowest BCUT2D eigenvalue weighted by molar-refractivity contribution is -0.384. The number of nitro groups is 1. The number of benzene rings is 3. The van der Waals surface area contributed by atoms with Gasteiger partial charge in [0, 0.05) is 31.5 Å². The number of nitrogens with zero attached hydrogens (tertiary/aromatic N) is 2. The second-order valence-electron chi connectivity index (χ2n) is 8.08. The predicted molar refractivity (Wildman–Crippen MR) is 125 cm³/mol. The second-order valence-corrected chi connectivity index (χ2v) is 8.08. The molecule has 1 aliphatic carbocycles. The van der Waals surface area contributed by atoms with Gasteiger partial charge < -0.3 is 9.47 Å². The van der Waals surface area contributed by atoms with Crippen LogP contribution in [0.4, 0.5) is 10.5 Å². The molecule has 8 nitrogen and oxygen atoms in total. The van der Waals surface area contributed by atoms with Crippen LogP contribution in [0.25, 0.3) is 11.1 Å². The first kappa shape index (κ1) is 23.0. The summed E-state index contributed by atoms with van der Waals surface area (Å²) in [5.74, 6) is -0.703. The van der Waals surface area contributed by atoms with Crippen molar-refractivity contribution < 1.29 is 24.0 Å². The van der Waals surface area contributed by atoms with E-state index in [4.69, 9.17) is 9.47 Å². The number of rotatable bonds is 7. The number of hydrogen-bond donors (Lipinski definition) is 0. The lowest BCUT2D eigenvalue weighted by Gasteiger charge is -2.26. The predicted octanol–water partition coefficient (Wildman–Crippen LogP) is 4.56. The number of non-ortho nitro benzene ring substituents is 1. The lowest BCUT2D eigenvalue weighted by atomic mass is 9.98. The molecule has 1 aliphatic rings. The maximum atomic E-state index is 12.9. The van der Waals surface area contributed by atoms with Gasteiger partial charge in [0.2, 0.25) is 0 Å². The Morgan fingerprint density at radius 2 is 1.53 bits per heavy atom. The largest absolute Gasteiger partial charge is 0.467 e. The van der Waals surface area contributed by atoms with Gasteiger partial charge >= 0.3 is 12.1 Å². The topological polar surface area (TPSA) is 99.0 Å². The van der Waals surface area contributed by atoms with Crippen molar-refractivity contribution in [1.82, 2.24) is 4.90 Å². The van der Waals surface area contributed by atoms with Gasteiger partial charge in [-0.25, -0.2) is 9.59 Å². The minimum atomic E-state index is -0.942. The number of carbonyl (C=O) groups excluding carboxylic acids is 2. The normalized spacial score (nSPS) is 12.9. The van der Waals surface area contributed by atoms with Crippen molar-refractivity contribution in [2.24, 2.45) is 0 Å². The summed E-state index contributed by atoms with van der Waals surface area (Å²) < 4.78 is 10.5. The molecule has 8 heteroatoms. The molecule has 3 aromatic carbocycles. The van der Waals surface area contributed by atoms with Crippen LogP contribution >= 0.6 is 0 Å². The van der Waals surface area contributed by atoms with Gasteiger partial charge in [-0.05, 0) is 27.8 Å². The zero-order valence-electron chi connectivity index (χ0n) is 18.8. The molecule has 0 unspecified atom stereocenters. The number of esters is 1. The van der Waals surface area contributed by atoms with E-state index in [0.29, 0.717) is 5.56 Å². The SMILES string of the molecule is COC(=O)[C@H](Cc1ccc([N+](=O)[O-])cc1)N(C)C(=O)OCC1c2ccccc2-c2ccccc21. The lowest BCUT2D eigenvalue weighted by Crippen LogP contribution is -2.45. The standard InChI is InChI=1S/C26H24N2O6/c1-27(24(25(29)33-2)15-17-11-13-18(14-12-17)28(31)32)26(30)34-16-23-21-9-5-3-7-19(21)20-8-4-6-10-22(20)23/h3-14,23-24H,15-16H2,1-2H3/t24-/m0/s1. The van der Waals surface area contributed by atoms with Crippen molar-refractivity contribution in [2.45, 2.75) is 18.4 Å². The number of nitro benzene ring substituents is 1. The molecular formula is C26H24N2O6. The minimum Gasteiger partial charge on any atom is -0.467 e. The molecule has 34 heavy (non-hydrogen) atoms. The molecule has 0 saturated heterocycles. The first-order valence-corrected chi connectivity index (χ1v) is 10.8. The van der Waals surface area contributed by atoms with E-state index >= 15 is 0 Å². The van der Waals surface area contributed by atoms with E-state index in [9.17, 15) is 19.7 Å². The van der Waals surface area contributed by atoms with Gasteiger partial charge in [-0.15, -0.1) is 0 Å². The zero-order chi connectivity index (χ0) is 24.2. The van der Waals surface area contributed by atoms with E-state index < -0.39 is 23.0 Å². The van der Waals surface area contributed by atoms with Crippen LogP contribution in [-0.4, -0.2) is 48.7 Å². The molecule has 0 spiro atoms. The summed E-state index contributed by atoms with van der Waals surface area (Å²) >= 11 is 0. The summed E-state index contributed by atoms with van der Waals surface area (Å²) in [6.45, 7) is 0.128. The number of hydrogen-bond acceptors (Lipinski definition) is 6. The molecule has 0 fully saturated rings. The summed E-state index contributed by atoms with van der Waals surface area (Å²) in [6.07, 6.45) is -0.523. The van der Waals surface area contributed by atoms with Crippen molar-refractivity contribution in [1.29, 1.82) is 0 Å². The smallest absolute Gasteiger partial charge is 0.410 e. The molecule has 3 aromatic rings. The van der Waals surface area contributed by atoms with Crippen molar-refractivity contribution >= 4 is 17.7 Å². The van der Waals surface area contributed by atoms with E-state index in [1.807, 2.05) is 36.4 Å². The Hall–Kier alpha value is -4.20. The Morgan fingerprint density at radius 1 is 0.971 bits per heavy atom. The maximum Gasteiger partial charge on any atom is 0.410 e. The summed E-state index contributed by atoms with van der Waals surface area (Å²) in [7, 11) is 2.72. The first-order chi connectivity index (χ1) is 16.4. The van der Waals surface area contributed by atoms with Crippen LogP contribution in [0.15, 0.2) is 72.8 Å². The van der Waals surface area contributed by atoms with E-state index in [1.165, 1.54) is 31.2 Å². The highest BCUT2D eigenvalue weighted by molar-refractivity contribution is 5.82. The van der Waals surface area contributed by atoms with Crippen LogP contribution in [0.5, 0.6) is 0 Å². The van der Waals surface area contributed by atoms with Gasteiger partial charge in [0.15, 0.2) is 0 Å². The van der Waals surface area contributed by atoms with E-state index in [-0.39, 0.29) is 24.6 Å². The van der Waals surface area contributed by atoms with Crippen LogP contribution in [0.1, 0.15) is 22.6 Å². The van der Waals surface area contributed by atoms with Crippen LogP contribution in [-0.2, 0) is 20.7 Å². The van der Waals surface area contributed by atoms with Crippen LogP contribution in [0.2, 0.25) is 0 Å². The molecule has 0 saturated carbocycles. The van der Waals surface area contributed by atoms with Crippen molar-refractivity contribution in [2.75, 3.05) is 20.8 Å². The first-order valence-electron chi connectivity index (χ1n) is 10.8. The number of methoxy groups -OCH3 is 1. The Balaban J connectivity index is 1.48. The highest BCUT2D eigenvalue weighted by Crippen LogP contribution is 2.44. The summed E-state index contributed by atoms with van der Waals surface area (Å²) in [6, 6.07) is 20.9. The summed E-state index contributed by atoms with van der Waals surface area (Å²) in [5.41, 5.74) is 5.03. The van der Waals surface area contributed by atoms with Crippen molar-refractivity contribution in [3.8, 4) is 11.1 Å². The Bertz CT molecular complexity index is 1180. The van der Waals surface area contributed by atoms with E-state index in [1.54, 1.807) is 12.1 Å². The minimum absolute atomic E-state index is 0.0525. The van der Waals surface area contributed by atoms with Gasteiger partial charge in [0.05, 0.1) is 12.0 Å². The van der Waals surface area contributed by atoms with Crippen molar-refractivity contribution in [3.05, 3.63) is 99.6 Å². The molecule has 0 N–H and O–H groups in total. The van der Waals surface area contributed by atoms with Gasteiger partial charge in [-0.2, -0.15) is 0 Å². The Morgan fingerprint density at radius 3 is 2.06 bits per heavy atom. The molecule has 4 rings (SSSR count). The highest BCUT2D eigenvalue weighted by atomic mass is 16.6.